The fourth-order valence-electron chi connectivity index (χ4n) is 9.39. The average molecular weight is 798 g/mol. The third kappa shape index (κ3) is 7.50. The number of thiophene rings is 1. The molecular formula is C48H48FNO5SSi. The highest BCUT2D eigenvalue weighted by Crippen LogP contribution is 2.51. The topological polar surface area (TPSA) is 76.1 Å². The van der Waals surface area contributed by atoms with E-state index in [1.54, 1.807) is 17.4 Å². The third-order valence-electron chi connectivity index (χ3n) is 12.0. The Morgan fingerprint density at radius 1 is 0.895 bits per heavy atom. The summed E-state index contributed by atoms with van der Waals surface area (Å²) in [5, 5.41) is 13.9. The molecule has 57 heavy (non-hydrogen) atoms. The molecule has 4 aromatic carbocycles. The van der Waals surface area contributed by atoms with E-state index in [1.807, 2.05) is 66.1 Å². The van der Waals surface area contributed by atoms with Crippen molar-refractivity contribution in [3.05, 3.63) is 160 Å². The molecule has 2 amide bonds. The smallest absolute Gasteiger partial charge is 0.261 e. The maximum Gasteiger partial charge on any atom is 0.261 e. The average Bonchev–Trinajstić information content (AvgIpc) is 3.95. The van der Waals surface area contributed by atoms with Crippen LogP contribution in [0.5, 0.6) is 5.75 Å². The highest BCUT2D eigenvalue weighted by atomic mass is 32.1. The molecule has 1 aliphatic carbocycles. The zero-order valence-corrected chi connectivity index (χ0v) is 34.4. The summed E-state index contributed by atoms with van der Waals surface area (Å²) >= 11 is 1.55. The van der Waals surface area contributed by atoms with Crippen molar-refractivity contribution < 1.29 is 28.2 Å². The van der Waals surface area contributed by atoms with E-state index in [1.165, 1.54) is 27.4 Å². The number of likely N-dealkylation sites (tertiary alicyclic amines) is 1. The zero-order chi connectivity index (χ0) is 39.7. The Morgan fingerprint density at radius 3 is 2.18 bits per heavy atom. The van der Waals surface area contributed by atoms with Crippen LogP contribution in [0.1, 0.15) is 56.0 Å². The van der Waals surface area contributed by atoms with Crippen LogP contribution in [0.4, 0.5) is 4.39 Å². The molecule has 2 aliphatic heterocycles. The number of hydrogen-bond acceptors (Lipinski definition) is 6. The Hall–Kier alpha value is -4.93. The molecule has 3 aliphatic rings. The predicted octanol–water partition coefficient (Wildman–Crippen LogP) is 9.01. The summed E-state index contributed by atoms with van der Waals surface area (Å²) in [6, 6.07) is 39.5. The lowest BCUT2D eigenvalue weighted by Crippen LogP contribution is -2.66. The second-order valence-electron chi connectivity index (χ2n) is 16.4. The number of phenolic OH excluding ortho intramolecular Hbond substituents is 1. The number of amides is 2. The van der Waals surface area contributed by atoms with Gasteiger partial charge >= 0.3 is 0 Å². The third-order valence-corrected chi connectivity index (χ3v) is 17.8. The van der Waals surface area contributed by atoms with E-state index in [2.05, 4.69) is 69.3 Å². The maximum absolute atomic E-state index is 14.5. The Labute approximate surface area is 339 Å². The molecule has 6 nitrogen and oxygen atoms in total. The minimum Gasteiger partial charge on any atom is -0.505 e. The van der Waals surface area contributed by atoms with Crippen molar-refractivity contribution in [2.24, 2.45) is 17.8 Å². The number of imide groups is 1. The summed E-state index contributed by atoms with van der Waals surface area (Å²) in [6.07, 6.45) is 3.33. The molecule has 0 radical (unpaired) electrons. The molecule has 3 heterocycles. The molecular weight excluding hydrogens is 750 g/mol. The monoisotopic (exact) mass is 797 g/mol. The lowest BCUT2D eigenvalue weighted by atomic mass is 9.69. The van der Waals surface area contributed by atoms with Gasteiger partial charge in [0.05, 0.1) is 37.7 Å². The molecule has 2 fully saturated rings. The Bertz CT molecular complexity index is 2250. The number of aromatic hydroxyl groups is 1. The van der Waals surface area contributed by atoms with Crippen molar-refractivity contribution >= 4 is 53.5 Å². The van der Waals surface area contributed by atoms with E-state index in [4.69, 9.17) is 9.16 Å². The van der Waals surface area contributed by atoms with Gasteiger partial charge in [0.1, 0.15) is 0 Å². The van der Waals surface area contributed by atoms with E-state index in [9.17, 15) is 19.1 Å². The minimum atomic E-state index is -2.95. The van der Waals surface area contributed by atoms with Crippen LogP contribution in [-0.4, -0.2) is 49.5 Å². The molecule has 5 aromatic rings. The number of nitrogens with zero attached hydrogens (tertiary/aromatic N) is 1. The number of benzene rings is 4. The molecule has 0 spiro atoms. The maximum atomic E-state index is 14.5. The van der Waals surface area contributed by atoms with Crippen LogP contribution in [0.3, 0.4) is 0 Å². The van der Waals surface area contributed by atoms with E-state index < -0.39 is 26.0 Å². The number of ether oxygens (including phenoxy) is 1. The quantitative estimate of drug-likeness (QED) is 0.0591. The first-order valence-electron chi connectivity index (χ1n) is 19.8. The van der Waals surface area contributed by atoms with Crippen molar-refractivity contribution in [1.29, 1.82) is 0 Å². The summed E-state index contributed by atoms with van der Waals surface area (Å²) in [5.74, 6) is -2.49. The van der Waals surface area contributed by atoms with Crippen LogP contribution >= 0.6 is 11.3 Å². The molecule has 1 aromatic heterocycles. The molecule has 0 unspecified atom stereocenters. The van der Waals surface area contributed by atoms with Crippen LogP contribution in [0, 0.1) is 23.6 Å². The lowest BCUT2D eigenvalue weighted by molar-refractivity contribution is -0.140. The van der Waals surface area contributed by atoms with Crippen LogP contribution in [0.15, 0.2) is 138 Å². The predicted molar refractivity (Wildman–Crippen MR) is 227 cm³/mol. The van der Waals surface area contributed by atoms with Crippen molar-refractivity contribution in [2.75, 3.05) is 13.2 Å². The molecule has 4 atom stereocenters. The van der Waals surface area contributed by atoms with Crippen molar-refractivity contribution in [2.45, 2.75) is 57.7 Å². The number of phenols is 1. The van der Waals surface area contributed by atoms with Crippen LogP contribution in [0.2, 0.25) is 5.04 Å². The number of allylic oxidation sites excluding steroid dienone is 1. The normalized spacial score (nSPS) is 21.3. The fraction of sp³-hybridized carbons (Fsp3) is 0.292. The van der Waals surface area contributed by atoms with Gasteiger partial charge in [-0.3, -0.25) is 14.5 Å². The van der Waals surface area contributed by atoms with Gasteiger partial charge in [-0.1, -0.05) is 130 Å². The minimum absolute atomic E-state index is 0.112. The second kappa shape index (κ2) is 16.1. The first kappa shape index (κ1) is 38.9. The number of carbonyl (C=O) groups excluding carboxylic acids is 2. The van der Waals surface area contributed by atoms with Crippen LogP contribution in [-0.2, 0) is 25.3 Å². The number of rotatable bonds is 12. The van der Waals surface area contributed by atoms with Crippen molar-refractivity contribution in [1.82, 2.24) is 4.90 Å². The highest BCUT2D eigenvalue weighted by Gasteiger charge is 2.58. The standard InChI is InChI=1S/C48H48FNO5SSi/c1-48(2,3)57(37-17-9-5-10-18-37,38-19-11-6-12-20-38)55-30-35-28-39-45(47(53)50(46(39)52)29-36-16-13-25-56-36)40-31-54-43(44(35)40)24-22-34(33-14-7-4-8-15-33)26-32-21-23-42(51)41(49)27-32/h4-21,23,25-27,39-40,43,45,51H,22,24,28-31H2,1-3H3/b34-26-/t39-,40+,43-,45-/m1/s1. The first-order valence-corrected chi connectivity index (χ1v) is 22.5. The molecule has 9 heteroatoms. The Balaban J connectivity index is 1.18. The van der Waals surface area contributed by atoms with Gasteiger partial charge in [-0.2, -0.15) is 0 Å². The Morgan fingerprint density at radius 2 is 1.56 bits per heavy atom. The van der Waals surface area contributed by atoms with Gasteiger partial charge in [-0.25, -0.2) is 4.39 Å². The lowest BCUT2D eigenvalue weighted by Gasteiger charge is -2.44. The fourth-order valence-corrected chi connectivity index (χ4v) is 14.6. The molecule has 1 N–H and O–H groups in total. The summed E-state index contributed by atoms with van der Waals surface area (Å²) in [5.41, 5.74) is 4.81. The van der Waals surface area contributed by atoms with Gasteiger partial charge in [0.25, 0.3) is 8.32 Å². The Kier molecular flexibility index (Phi) is 11.0. The molecule has 0 bridgehead atoms. The van der Waals surface area contributed by atoms with Gasteiger partial charge in [0.2, 0.25) is 11.8 Å². The van der Waals surface area contributed by atoms with E-state index in [0.717, 1.165) is 27.2 Å². The number of carbonyl (C=O) groups is 2. The van der Waals surface area contributed by atoms with E-state index >= 15 is 0 Å². The highest BCUT2D eigenvalue weighted by molar-refractivity contribution is 7.09. The van der Waals surface area contributed by atoms with Gasteiger partial charge in [-0.05, 0) is 86.1 Å². The van der Waals surface area contributed by atoms with E-state index in [-0.39, 0.29) is 41.2 Å². The van der Waals surface area contributed by atoms with Gasteiger partial charge in [0.15, 0.2) is 11.6 Å². The van der Waals surface area contributed by atoms with Gasteiger partial charge in [0, 0.05) is 10.8 Å². The van der Waals surface area contributed by atoms with Crippen LogP contribution < -0.4 is 10.4 Å². The van der Waals surface area contributed by atoms with Gasteiger partial charge in [-0.15, -0.1) is 11.3 Å². The van der Waals surface area contributed by atoms with Gasteiger partial charge < -0.3 is 14.3 Å². The largest absolute Gasteiger partial charge is 0.505 e. The molecule has 0 saturated carbocycles. The summed E-state index contributed by atoms with van der Waals surface area (Å²) in [4.78, 5) is 31.0. The molecule has 2 saturated heterocycles. The zero-order valence-electron chi connectivity index (χ0n) is 32.6. The molecule has 8 rings (SSSR count). The number of hydrogen-bond donors (Lipinski definition) is 1. The summed E-state index contributed by atoms with van der Waals surface area (Å²) in [6.45, 7) is 7.74. The van der Waals surface area contributed by atoms with Crippen molar-refractivity contribution in [3.8, 4) is 5.75 Å². The van der Waals surface area contributed by atoms with Crippen molar-refractivity contribution in [3.63, 3.8) is 0 Å². The van der Waals surface area contributed by atoms with Crippen LogP contribution in [0.25, 0.3) is 11.6 Å². The number of halogens is 1. The summed E-state index contributed by atoms with van der Waals surface area (Å²) in [7, 11) is -2.95. The second-order valence-corrected chi connectivity index (χ2v) is 21.7. The molecule has 292 valence electrons. The summed E-state index contributed by atoms with van der Waals surface area (Å²) < 4.78 is 28.7. The van der Waals surface area contributed by atoms with E-state index in [0.29, 0.717) is 38.0 Å². The first-order chi connectivity index (χ1) is 27.5. The SMILES string of the molecule is CC(C)(C)[Si](OCC1=C2[C@@H](CC/C(=C/c3ccc(O)c(F)c3)c3ccccc3)OC[C@@H]2[C@@H]2C(=O)N(Cc3cccs3)C(=O)[C@@H]2C1)(c1ccccc1)c1ccccc1. The number of fused-ring (bicyclic) bond motifs is 3.